The summed E-state index contributed by atoms with van der Waals surface area (Å²) in [7, 11) is 0. The second-order valence-electron chi connectivity index (χ2n) is 8.01. The van der Waals surface area contributed by atoms with Crippen molar-refractivity contribution in [3.05, 3.63) is 71.6 Å². The fraction of sp³-hybridized carbons (Fsp3) is 0.240. The van der Waals surface area contributed by atoms with E-state index in [4.69, 9.17) is 4.74 Å². The Morgan fingerprint density at radius 3 is 2.48 bits per heavy atom. The zero-order chi connectivity index (χ0) is 22.8. The number of hydrogen-bond donors (Lipinski definition) is 0. The van der Waals surface area contributed by atoms with Crippen LogP contribution in [0.4, 0.5) is 10.1 Å². The van der Waals surface area contributed by atoms with Crippen molar-refractivity contribution in [2.45, 2.75) is 6.92 Å². The van der Waals surface area contributed by atoms with Crippen LogP contribution < -0.4 is 9.64 Å². The Kier molecular flexibility index (Phi) is 5.92. The van der Waals surface area contributed by atoms with E-state index in [1.807, 2.05) is 5.38 Å². The summed E-state index contributed by atoms with van der Waals surface area (Å²) in [5.41, 5.74) is 4.22. The highest BCUT2D eigenvalue weighted by atomic mass is 32.1. The number of ether oxygens (including phenoxy) is 1. The van der Waals surface area contributed by atoms with Crippen LogP contribution in [0.2, 0.25) is 0 Å². The number of thiophene rings is 1. The molecule has 6 nitrogen and oxygen atoms in total. The van der Waals surface area contributed by atoms with Crippen molar-refractivity contribution in [3.8, 4) is 17.0 Å². The van der Waals surface area contributed by atoms with Crippen LogP contribution in [0.15, 0.2) is 60.2 Å². The van der Waals surface area contributed by atoms with Gasteiger partial charge in [0.2, 0.25) is 5.88 Å². The van der Waals surface area contributed by atoms with Crippen LogP contribution in [0.25, 0.3) is 21.3 Å². The van der Waals surface area contributed by atoms with Crippen LogP contribution in [0.1, 0.15) is 5.56 Å². The number of amides is 1. The highest BCUT2D eigenvalue weighted by Crippen LogP contribution is 2.37. The third kappa shape index (κ3) is 4.52. The van der Waals surface area contributed by atoms with Gasteiger partial charge < -0.3 is 14.5 Å². The molecule has 33 heavy (non-hydrogen) atoms. The molecule has 0 N–H and O–H groups in total. The number of anilines is 1. The summed E-state index contributed by atoms with van der Waals surface area (Å²) >= 11 is 1.53. The van der Waals surface area contributed by atoms with Gasteiger partial charge in [-0.15, -0.1) is 11.3 Å². The molecule has 1 aliphatic rings. The number of aryl methyl sites for hydroxylation is 1. The number of fused-ring (bicyclic) bond motifs is 1. The quantitative estimate of drug-likeness (QED) is 0.436. The van der Waals surface area contributed by atoms with E-state index >= 15 is 0 Å². The summed E-state index contributed by atoms with van der Waals surface area (Å²) in [6.45, 7) is 4.54. The third-order valence-corrected chi connectivity index (χ3v) is 6.74. The lowest BCUT2D eigenvalue weighted by Crippen LogP contribution is -2.50. The highest BCUT2D eigenvalue weighted by Gasteiger charge is 2.23. The Hall–Kier alpha value is -3.52. The standard InChI is InChI=1S/C25H23FN4O2S/c1-17-2-4-18(5-3-17)21-15-33-25-23(21)24(27-16-28-25)32-14-22(31)30-12-10-29(11-13-30)20-8-6-19(26)7-9-20/h2-9,15-16H,10-14H2,1H3. The first-order chi connectivity index (χ1) is 16.1. The van der Waals surface area contributed by atoms with E-state index in [2.05, 4.69) is 46.1 Å². The van der Waals surface area contributed by atoms with E-state index < -0.39 is 0 Å². The van der Waals surface area contributed by atoms with E-state index in [0.717, 1.165) is 27.0 Å². The first-order valence-electron chi connectivity index (χ1n) is 10.8. The van der Waals surface area contributed by atoms with E-state index in [1.165, 1.54) is 35.4 Å². The number of piperazine rings is 1. The molecule has 4 aromatic rings. The Morgan fingerprint density at radius 2 is 1.76 bits per heavy atom. The summed E-state index contributed by atoms with van der Waals surface area (Å²) in [5.74, 6) is 0.0995. The minimum Gasteiger partial charge on any atom is -0.467 e. The van der Waals surface area contributed by atoms with E-state index in [9.17, 15) is 9.18 Å². The lowest BCUT2D eigenvalue weighted by molar-refractivity contribution is -0.133. The molecule has 0 saturated carbocycles. The average Bonchev–Trinajstić information content (AvgIpc) is 3.28. The molecule has 1 aliphatic heterocycles. The molecule has 8 heteroatoms. The zero-order valence-corrected chi connectivity index (χ0v) is 19.0. The maximum absolute atomic E-state index is 13.2. The second kappa shape index (κ2) is 9.15. The van der Waals surface area contributed by atoms with Gasteiger partial charge in [0, 0.05) is 42.8 Å². The number of carbonyl (C=O) groups is 1. The first-order valence-corrected chi connectivity index (χ1v) is 11.7. The molecule has 0 aliphatic carbocycles. The van der Waals surface area contributed by atoms with E-state index in [-0.39, 0.29) is 18.3 Å². The summed E-state index contributed by atoms with van der Waals surface area (Å²) < 4.78 is 19.1. The smallest absolute Gasteiger partial charge is 0.260 e. The Balaban J connectivity index is 1.25. The molecular formula is C25H23FN4O2S. The SMILES string of the molecule is Cc1ccc(-c2csc3ncnc(OCC(=O)N4CCN(c5ccc(F)cc5)CC4)c23)cc1. The van der Waals surface area contributed by atoms with Crippen molar-refractivity contribution < 1.29 is 13.9 Å². The van der Waals surface area contributed by atoms with Gasteiger partial charge in [-0.3, -0.25) is 4.79 Å². The van der Waals surface area contributed by atoms with Gasteiger partial charge in [-0.25, -0.2) is 14.4 Å². The minimum atomic E-state index is -0.250. The first kappa shape index (κ1) is 21.3. The molecule has 0 atom stereocenters. The van der Waals surface area contributed by atoms with Crippen molar-refractivity contribution in [1.29, 1.82) is 0 Å². The lowest BCUT2D eigenvalue weighted by atomic mass is 10.0. The monoisotopic (exact) mass is 462 g/mol. The van der Waals surface area contributed by atoms with Crippen molar-refractivity contribution >= 4 is 33.1 Å². The number of halogens is 1. The number of hydrogen-bond acceptors (Lipinski definition) is 6. The molecular weight excluding hydrogens is 439 g/mol. The molecule has 2 aromatic carbocycles. The normalized spacial score (nSPS) is 14.0. The molecule has 0 radical (unpaired) electrons. The Labute approximate surface area is 195 Å². The fourth-order valence-corrected chi connectivity index (χ4v) is 4.90. The maximum atomic E-state index is 13.2. The second-order valence-corrected chi connectivity index (χ2v) is 8.87. The van der Waals surface area contributed by atoms with E-state index in [0.29, 0.717) is 32.1 Å². The van der Waals surface area contributed by atoms with Gasteiger partial charge in [0.05, 0.1) is 5.39 Å². The van der Waals surface area contributed by atoms with Crippen LogP contribution in [0, 0.1) is 12.7 Å². The van der Waals surface area contributed by atoms with Crippen LogP contribution in [0.5, 0.6) is 5.88 Å². The van der Waals surface area contributed by atoms with Gasteiger partial charge in [0.1, 0.15) is 17.0 Å². The minimum absolute atomic E-state index is 0.0763. The summed E-state index contributed by atoms with van der Waals surface area (Å²) in [4.78, 5) is 26.3. The van der Waals surface area contributed by atoms with Crippen LogP contribution in [-0.2, 0) is 4.79 Å². The van der Waals surface area contributed by atoms with Crippen molar-refractivity contribution in [3.63, 3.8) is 0 Å². The molecule has 0 unspecified atom stereocenters. The Morgan fingerprint density at radius 1 is 1.03 bits per heavy atom. The van der Waals surface area contributed by atoms with Gasteiger partial charge in [-0.2, -0.15) is 0 Å². The van der Waals surface area contributed by atoms with Gasteiger partial charge in [-0.1, -0.05) is 29.8 Å². The third-order valence-electron chi connectivity index (χ3n) is 5.85. The molecule has 1 amide bonds. The number of carbonyl (C=O) groups excluding carboxylic acids is 1. The molecule has 2 aromatic heterocycles. The zero-order valence-electron chi connectivity index (χ0n) is 18.2. The number of aromatic nitrogens is 2. The molecule has 0 bridgehead atoms. The van der Waals surface area contributed by atoms with Crippen molar-refractivity contribution in [2.75, 3.05) is 37.7 Å². The average molecular weight is 463 g/mol. The number of rotatable bonds is 5. The topological polar surface area (TPSA) is 58.6 Å². The highest BCUT2D eigenvalue weighted by molar-refractivity contribution is 7.17. The van der Waals surface area contributed by atoms with Crippen molar-refractivity contribution in [1.82, 2.24) is 14.9 Å². The summed E-state index contributed by atoms with van der Waals surface area (Å²) in [5, 5.41) is 2.88. The fourth-order valence-electron chi connectivity index (χ4n) is 3.99. The largest absolute Gasteiger partial charge is 0.467 e. The van der Waals surface area contributed by atoms with E-state index in [1.54, 1.807) is 17.0 Å². The molecule has 1 fully saturated rings. The predicted molar refractivity (Wildman–Crippen MR) is 128 cm³/mol. The van der Waals surface area contributed by atoms with Gasteiger partial charge in [0.15, 0.2) is 6.61 Å². The van der Waals surface area contributed by atoms with Crippen LogP contribution in [0.3, 0.4) is 0 Å². The molecule has 168 valence electrons. The van der Waals surface area contributed by atoms with Gasteiger partial charge in [0.25, 0.3) is 5.91 Å². The molecule has 0 spiro atoms. The van der Waals surface area contributed by atoms with Gasteiger partial charge in [-0.05, 0) is 36.8 Å². The van der Waals surface area contributed by atoms with Crippen LogP contribution in [-0.4, -0.2) is 53.6 Å². The number of nitrogens with zero attached hydrogens (tertiary/aromatic N) is 4. The lowest BCUT2D eigenvalue weighted by Gasteiger charge is -2.36. The number of benzene rings is 2. The summed E-state index contributed by atoms with van der Waals surface area (Å²) in [6.07, 6.45) is 1.47. The predicted octanol–water partition coefficient (Wildman–Crippen LogP) is 4.53. The molecule has 5 rings (SSSR count). The molecule has 1 saturated heterocycles. The van der Waals surface area contributed by atoms with Gasteiger partial charge >= 0.3 is 0 Å². The Bertz CT molecular complexity index is 1270. The summed E-state index contributed by atoms with van der Waals surface area (Å²) in [6, 6.07) is 14.7. The van der Waals surface area contributed by atoms with Crippen LogP contribution >= 0.6 is 11.3 Å². The maximum Gasteiger partial charge on any atom is 0.260 e. The van der Waals surface area contributed by atoms with Crippen molar-refractivity contribution in [2.24, 2.45) is 0 Å². The molecule has 3 heterocycles.